The fourth-order valence-electron chi connectivity index (χ4n) is 3.47. The lowest BCUT2D eigenvalue weighted by atomic mass is 10.0. The second-order valence-electron chi connectivity index (χ2n) is 6.93. The minimum Gasteiger partial charge on any atom is -0.472 e. The smallest absolute Gasteiger partial charge is 0.337 e. The highest BCUT2D eigenvalue weighted by molar-refractivity contribution is 5.84. The summed E-state index contributed by atoms with van der Waals surface area (Å²) < 4.78 is 16.3. The number of hydrogen-bond donors (Lipinski definition) is 0. The molecule has 0 bridgehead atoms. The van der Waals surface area contributed by atoms with Crippen LogP contribution in [0.2, 0.25) is 0 Å². The second kappa shape index (κ2) is 9.60. The van der Waals surface area contributed by atoms with Crippen molar-refractivity contribution >= 4 is 11.9 Å². The van der Waals surface area contributed by atoms with Gasteiger partial charge in [-0.1, -0.05) is 44.2 Å². The summed E-state index contributed by atoms with van der Waals surface area (Å²) in [7, 11) is 1.33. The standard InChI is InChI=1S/C22H28N2O5/c1-4-23(5-2)12-11-18-21(22(26)28-15-16-9-7-6-8-10-16)24-17(13-19(24)29-18)14-20(25)27-3/h6-11,14,19,21H,4-5,12-13,15H2,1-3H3/t19-,21-/m1/s1. The quantitative estimate of drug-likeness (QED) is 0.490. The molecular weight excluding hydrogens is 372 g/mol. The number of rotatable bonds is 8. The lowest BCUT2D eigenvalue weighted by molar-refractivity contribution is -0.150. The van der Waals surface area contributed by atoms with Crippen LogP contribution in [0.15, 0.2) is 53.9 Å². The van der Waals surface area contributed by atoms with Crippen molar-refractivity contribution in [2.24, 2.45) is 0 Å². The average Bonchev–Trinajstić information content (AvgIpc) is 3.03. The summed E-state index contributed by atoms with van der Waals surface area (Å²) >= 11 is 0. The van der Waals surface area contributed by atoms with Gasteiger partial charge in [0.1, 0.15) is 12.4 Å². The summed E-state index contributed by atoms with van der Waals surface area (Å²) in [6.45, 7) is 6.87. The normalized spacial score (nSPS) is 23.0. The van der Waals surface area contributed by atoms with Crippen LogP contribution in [0.4, 0.5) is 0 Å². The predicted octanol–water partition coefficient (Wildman–Crippen LogP) is 2.44. The van der Waals surface area contributed by atoms with Crippen LogP contribution in [0.1, 0.15) is 25.8 Å². The van der Waals surface area contributed by atoms with Gasteiger partial charge in [-0.25, -0.2) is 9.59 Å². The van der Waals surface area contributed by atoms with Crippen molar-refractivity contribution in [3.8, 4) is 0 Å². The maximum absolute atomic E-state index is 13.0. The first-order chi connectivity index (χ1) is 14.1. The summed E-state index contributed by atoms with van der Waals surface area (Å²) in [5.41, 5.74) is 1.63. The number of fused-ring (bicyclic) bond motifs is 1. The first kappa shape index (κ1) is 20.9. The fourth-order valence-corrected chi connectivity index (χ4v) is 3.47. The van der Waals surface area contributed by atoms with E-state index in [9.17, 15) is 9.59 Å². The number of ether oxygens (including phenoxy) is 3. The average molecular weight is 400 g/mol. The van der Waals surface area contributed by atoms with Gasteiger partial charge in [-0.05, 0) is 24.7 Å². The van der Waals surface area contributed by atoms with E-state index in [1.165, 1.54) is 13.2 Å². The molecule has 0 spiro atoms. The van der Waals surface area contributed by atoms with Gasteiger partial charge in [-0.2, -0.15) is 0 Å². The number of benzene rings is 1. The molecule has 0 aromatic heterocycles. The third kappa shape index (κ3) is 4.79. The molecule has 2 atom stereocenters. The summed E-state index contributed by atoms with van der Waals surface area (Å²) in [6.07, 6.45) is 3.64. The van der Waals surface area contributed by atoms with Crippen LogP contribution in [0, 0.1) is 0 Å². The van der Waals surface area contributed by atoms with E-state index in [1.807, 2.05) is 36.4 Å². The minimum absolute atomic E-state index is 0.189. The minimum atomic E-state index is -0.691. The Hall–Kier alpha value is -2.80. The Kier molecular flexibility index (Phi) is 6.93. The molecule has 2 fully saturated rings. The lowest BCUT2D eigenvalue weighted by Gasteiger charge is -2.39. The highest BCUT2D eigenvalue weighted by Gasteiger charge is 2.52. The monoisotopic (exact) mass is 400 g/mol. The van der Waals surface area contributed by atoms with Gasteiger partial charge in [0, 0.05) is 24.7 Å². The number of carbonyl (C=O) groups excluding carboxylic acids is 2. The molecule has 7 nitrogen and oxygen atoms in total. The van der Waals surface area contributed by atoms with Gasteiger partial charge in [0.25, 0.3) is 0 Å². The molecule has 156 valence electrons. The number of esters is 2. The zero-order chi connectivity index (χ0) is 20.8. The van der Waals surface area contributed by atoms with Crippen molar-refractivity contribution in [3.05, 3.63) is 59.5 Å². The Morgan fingerprint density at radius 3 is 2.62 bits per heavy atom. The van der Waals surface area contributed by atoms with E-state index in [0.29, 0.717) is 18.7 Å². The zero-order valence-corrected chi connectivity index (χ0v) is 17.2. The van der Waals surface area contributed by atoms with Gasteiger partial charge in [0.05, 0.1) is 7.11 Å². The molecule has 2 saturated heterocycles. The Bertz CT molecular complexity index is 786. The molecule has 1 aromatic rings. The summed E-state index contributed by atoms with van der Waals surface area (Å²) in [5, 5.41) is 0. The largest absolute Gasteiger partial charge is 0.472 e. The van der Waals surface area contributed by atoms with Gasteiger partial charge >= 0.3 is 11.9 Å². The molecule has 0 unspecified atom stereocenters. The van der Waals surface area contributed by atoms with Crippen molar-refractivity contribution in [2.75, 3.05) is 26.7 Å². The van der Waals surface area contributed by atoms with Crippen LogP contribution in [-0.2, 0) is 30.4 Å². The van der Waals surface area contributed by atoms with E-state index >= 15 is 0 Å². The van der Waals surface area contributed by atoms with E-state index in [4.69, 9.17) is 14.2 Å². The molecule has 29 heavy (non-hydrogen) atoms. The Labute approximate surface area is 171 Å². The molecule has 0 N–H and O–H groups in total. The predicted molar refractivity (Wildman–Crippen MR) is 107 cm³/mol. The van der Waals surface area contributed by atoms with Crippen LogP contribution < -0.4 is 0 Å². The summed E-state index contributed by atoms with van der Waals surface area (Å²) in [4.78, 5) is 28.7. The molecule has 1 aromatic carbocycles. The third-order valence-electron chi connectivity index (χ3n) is 5.22. The molecule has 3 rings (SSSR count). The van der Waals surface area contributed by atoms with E-state index in [0.717, 1.165) is 24.4 Å². The molecule has 0 radical (unpaired) electrons. The van der Waals surface area contributed by atoms with Crippen LogP contribution >= 0.6 is 0 Å². The maximum Gasteiger partial charge on any atom is 0.337 e. The highest BCUT2D eigenvalue weighted by Crippen LogP contribution is 2.43. The Morgan fingerprint density at radius 2 is 1.97 bits per heavy atom. The van der Waals surface area contributed by atoms with Crippen LogP contribution in [0.5, 0.6) is 0 Å². The van der Waals surface area contributed by atoms with Crippen molar-refractivity contribution in [1.29, 1.82) is 0 Å². The number of methoxy groups -OCH3 is 1. The Morgan fingerprint density at radius 1 is 1.24 bits per heavy atom. The number of carbonyl (C=O) groups is 2. The van der Waals surface area contributed by atoms with Crippen molar-refractivity contribution < 1.29 is 23.8 Å². The topological polar surface area (TPSA) is 68.3 Å². The Balaban J connectivity index is 1.77. The molecule has 0 amide bonds. The van der Waals surface area contributed by atoms with Crippen molar-refractivity contribution in [1.82, 2.24) is 9.80 Å². The zero-order valence-electron chi connectivity index (χ0n) is 17.2. The molecule has 0 saturated carbocycles. The maximum atomic E-state index is 13.0. The number of hydrogen-bond acceptors (Lipinski definition) is 7. The SMILES string of the molecule is CCN(CC)CC=C1O[C@@H]2CC(=CC(=O)OC)N2[C@H]1C(=O)OCc1ccccc1. The third-order valence-corrected chi connectivity index (χ3v) is 5.22. The highest BCUT2D eigenvalue weighted by atomic mass is 16.6. The van der Waals surface area contributed by atoms with E-state index in [-0.39, 0.29) is 12.8 Å². The molecule has 7 heteroatoms. The molecule has 2 aliphatic rings. The van der Waals surface area contributed by atoms with Crippen molar-refractivity contribution in [3.63, 3.8) is 0 Å². The first-order valence-corrected chi connectivity index (χ1v) is 9.93. The van der Waals surface area contributed by atoms with E-state index < -0.39 is 18.0 Å². The van der Waals surface area contributed by atoms with Crippen LogP contribution in [0.25, 0.3) is 0 Å². The molecule has 2 heterocycles. The van der Waals surface area contributed by atoms with Gasteiger partial charge < -0.3 is 24.0 Å². The number of nitrogens with zero attached hydrogens (tertiary/aromatic N) is 2. The lowest BCUT2D eigenvalue weighted by Crippen LogP contribution is -2.49. The fraction of sp³-hybridized carbons (Fsp3) is 0.455. The van der Waals surface area contributed by atoms with Gasteiger partial charge in [-0.3, -0.25) is 0 Å². The van der Waals surface area contributed by atoms with Gasteiger partial charge in [0.2, 0.25) is 0 Å². The van der Waals surface area contributed by atoms with Gasteiger partial charge in [0.15, 0.2) is 12.3 Å². The van der Waals surface area contributed by atoms with Crippen molar-refractivity contribution in [2.45, 2.75) is 39.1 Å². The molecule has 0 aliphatic carbocycles. The second-order valence-corrected chi connectivity index (χ2v) is 6.93. The van der Waals surface area contributed by atoms with E-state index in [2.05, 4.69) is 18.7 Å². The summed E-state index contributed by atoms with van der Waals surface area (Å²) in [5.74, 6) is -0.263. The number of likely N-dealkylation sites (N-methyl/N-ethyl adjacent to an activating group) is 1. The molecular formula is C22H28N2O5. The van der Waals surface area contributed by atoms with Crippen LogP contribution in [0.3, 0.4) is 0 Å². The molecule has 2 aliphatic heterocycles. The van der Waals surface area contributed by atoms with Gasteiger partial charge in [-0.15, -0.1) is 0 Å². The van der Waals surface area contributed by atoms with Crippen LogP contribution in [-0.4, -0.2) is 60.8 Å². The summed E-state index contributed by atoms with van der Waals surface area (Å²) in [6, 6.07) is 8.84. The first-order valence-electron chi connectivity index (χ1n) is 9.93. The van der Waals surface area contributed by atoms with E-state index in [1.54, 1.807) is 4.90 Å².